The summed E-state index contributed by atoms with van der Waals surface area (Å²) in [4.78, 5) is 14.1. The summed E-state index contributed by atoms with van der Waals surface area (Å²) in [6.45, 7) is 8.34. The molecule has 3 heteroatoms. The second-order valence-electron chi connectivity index (χ2n) is 4.24. The van der Waals surface area contributed by atoms with Gasteiger partial charge in [-0.1, -0.05) is 18.7 Å². The van der Waals surface area contributed by atoms with E-state index in [2.05, 4.69) is 6.58 Å². The minimum Gasteiger partial charge on any atom is -0.378 e. The van der Waals surface area contributed by atoms with Crippen LogP contribution in [0.15, 0.2) is 24.8 Å². The van der Waals surface area contributed by atoms with Crippen molar-refractivity contribution in [3.8, 4) is 0 Å². The fraction of sp³-hybridized carbons (Fsp3) is 0.357. The van der Waals surface area contributed by atoms with Crippen molar-refractivity contribution in [1.82, 2.24) is 4.90 Å². The zero-order valence-electron chi connectivity index (χ0n) is 10.1. The molecule has 0 unspecified atom stereocenters. The van der Waals surface area contributed by atoms with E-state index in [0.29, 0.717) is 26.3 Å². The largest absolute Gasteiger partial charge is 0.378 e. The molecule has 0 saturated carbocycles. The van der Waals surface area contributed by atoms with Crippen molar-refractivity contribution in [3.63, 3.8) is 0 Å². The van der Waals surface area contributed by atoms with Gasteiger partial charge in [-0.05, 0) is 30.2 Å². The normalized spacial score (nSPS) is 15.7. The lowest BCUT2D eigenvalue weighted by Gasteiger charge is -2.27. The quantitative estimate of drug-likeness (QED) is 0.780. The zero-order valence-corrected chi connectivity index (χ0v) is 10.1. The molecule has 1 aliphatic heterocycles. The van der Waals surface area contributed by atoms with Gasteiger partial charge in [-0.3, -0.25) is 4.79 Å². The second-order valence-corrected chi connectivity index (χ2v) is 4.24. The Hall–Kier alpha value is -1.61. The average molecular weight is 231 g/mol. The monoisotopic (exact) mass is 231 g/mol. The molecular formula is C14H17NO2. The highest BCUT2D eigenvalue weighted by Crippen LogP contribution is 2.14. The van der Waals surface area contributed by atoms with Crippen molar-refractivity contribution < 1.29 is 9.53 Å². The molecule has 1 heterocycles. The van der Waals surface area contributed by atoms with Gasteiger partial charge in [0.05, 0.1) is 13.2 Å². The summed E-state index contributed by atoms with van der Waals surface area (Å²) < 4.78 is 5.24. The van der Waals surface area contributed by atoms with Gasteiger partial charge in [0.2, 0.25) is 0 Å². The molecule has 3 nitrogen and oxygen atoms in total. The van der Waals surface area contributed by atoms with Gasteiger partial charge in [0.15, 0.2) is 0 Å². The molecule has 17 heavy (non-hydrogen) atoms. The van der Waals surface area contributed by atoms with Gasteiger partial charge in [-0.15, -0.1) is 0 Å². The predicted octanol–water partition coefficient (Wildman–Crippen LogP) is 2.11. The Morgan fingerprint density at radius 3 is 2.71 bits per heavy atom. The van der Waals surface area contributed by atoms with Crippen LogP contribution in [0.2, 0.25) is 0 Å². The van der Waals surface area contributed by atoms with Crippen molar-refractivity contribution in [1.29, 1.82) is 0 Å². The van der Waals surface area contributed by atoms with Crippen molar-refractivity contribution in [2.45, 2.75) is 6.92 Å². The van der Waals surface area contributed by atoms with Gasteiger partial charge in [0, 0.05) is 18.7 Å². The molecule has 0 atom stereocenters. The van der Waals surface area contributed by atoms with E-state index in [4.69, 9.17) is 4.74 Å². The summed E-state index contributed by atoms with van der Waals surface area (Å²) in [6, 6.07) is 5.83. The lowest BCUT2D eigenvalue weighted by molar-refractivity contribution is 0.0303. The molecular weight excluding hydrogens is 214 g/mol. The molecule has 0 aromatic heterocycles. The number of amides is 1. The van der Waals surface area contributed by atoms with Crippen LogP contribution in [0.3, 0.4) is 0 Å². The highest BCUT2D eigenvalue weighted by atomic mass is 16.5. The smallest absolute Gasteiger partial charge is 0.254 e. The number of nitrogens with zero attached hydrogens (tertiary/aromatic N) is 1. The van der Waals surface area contributed by atoms with Crippen LogP contribution in [0.25, 0.3) is 6.08 Å². The van der Waals surface area contributed by atoms with Gasteiger partial charge in [0.1, 0.15) is 0 Å². The number of benzene rings is 1. The fourth-order valence-corrected chi connectivity index (χ4v) is 2.00. The highest BCUT2D eigenvalue weighted by molar-refractivity contribution is 5.95. The first-order valence-corrected chi connectivity index (χ1v) is 5.82. The molecule has 1 fully saturated rings. The van der Waals surface area contributed by atoms with Crippen molar-refractivity contribution in [2.75, 3.05) is 26.3 Å². The molecule has 0 bridgehead atoms. The first-order chi connectivity index (χ1) is 8.20. The third-order valence-electron chi connectivity index (χ3n) is 2.88. The van der Waals surface area contributed by atoms with E-state index in [1.165, 1.54) is 0 Å². The van der Waals surface area contributed by atoms with Gasteiger partial charge < -0.3 is 9.64 Å². The summed E-state index contributed by atoms with van der Waals surface area (Å²) in [5, 5.41) is 0. The van der Waals surface area contributed by atoms with E-state index < -0.39 is 0 Å². The number of rotatable bonds is 2. The SMILES string of the molecule is C=Cc1cc(C)cc(C(=O)N2CCOCC2)c1. The molecule has 0 N–H and O–H groups in total. The molecule has 1 aromatic rings. The van der Waals surface area contributed by atoms with E-state index in [1.807, 2.05) is 30.0 Å². The number of ether oxygens (including phenoxy) is 1. The maximum atomic E-state index is 12.3. The Kier molecular flexibility index (Phi) is 3.59. The maximum absolute atomic E-state index is 12.3. The van der Waals surface area contributed by atoms with Crippen LogP contribution in [0.1, 0.15) is 21.5 Å². The third kappa shape index (κ3) is 2.74. The second kappa shape index (κ2) is 5.15. The number of aryl methyl sites for hydroxylation is 1. The molecule has 1 saturated heterocycles. The van der Waals surface area contributed by atoms with Gasteiger partial charge >= 0.3 is 0 Å². The fourth-order valence-electron chi connectivity index (χ4n) is 2.00. The van der Waals surface area contributed by atoms with Crippen LogP contribution in [-0.4, -0.2) is 37.1 Å². The summed E-state index contributed by atoms with van der Waals surface area (Å²) in [6.07, 6.45) is 1.77. The number of hydrogen-bond acceptors (Lipinski definition) is 2. The summed E-state index contributed by atoms with van der Waals surface area (Å²) >= 11 is 0. The topological polar surface area (TPSA) is 29.5 Å². The molecule has 1 amide bonds. The average Bonchev–Trinajstić information content (AvgIpc) is 2.38. The van der Waals surface area contributed by atoms with Gasteiger partial charge in [-0.2, -0.15) is 0 Å². The number of hydrogen-bond donors (Lipinski definition) is 0. The Balaban J connectivity index is 2.23. The summed E-state index contributed by atoms with van der Waals surface area (Å²) in [5.74, 6) is 0.0834. The van der Waals surface area contributed by atoms with E-state index in [1.54, 1.807) is 6.08 Å². The number of morpholine rings is 1. The van der Waals surface area contributed by atoms with Crippen LogP contribution in [0.5, 0.6) is 0 Å². The molecule has 1 aromatic carbocycles. The van der Waals surface area contributed by atoms with Gasteiger partial charge in [0.25, 0.3) is 5.91 Å². The third-order valence-corrected chi connectivity index (χ3v) is 2.88. The van der Waals surface area contributed by atoms with E-state index in [0.717, 1.165) is 16.7 Å². The lowest BCUT2D eigenvalue weighted by Crippen LogP contribution is -2.40. The van der Waals surface area contributed by atoms with Crippen LogP contribution >= 0.6 is 0 Å². The van der Waals surface area contributed by atoms with E-state index in [-0.39, 0.29) is 5.91 Å². The highest BCUT2D eigenvalue weighted by Gasteiger charge is 2.18. The molecule has 0 aliphatic carbocycles. The predicted molar refractivity (Wildman–Crippen MR) is 68.0 cm³/mol. The lowest BCUT2D eigenvalue weighted by atomic mass is 10.1. The minimum atomic E-state index is 0.0834. The van der Waals surface area contributed by atoms with Crippen LogP contribution < -0.4 is 0 Å². The Morgan fingerprint density at radius 2 is 2.06 bits per heavy atom. The summed E-state index contributed by atoms with van der Waals surface area (Å²) in [5.41, 5.74) is 2.81. The summed E-state index contributed by atoms with van der Waals surface area (Å²) in [7, 11) is 0. The Labute approximate surface area is 102 Å². The Bertz CT molecular complexity index is 434. The molecule has 90 valence electrons. The molecule has 2 rings (SSSR count). The molecule has 1 aliphatic rings. The van der Waals surface area contributed by atoms with Crippen LogP contribution in [-0.2, 0) is 4.74 Å². The van der Waals surface area contributed by atoms with Crippen molar-refractivity contribution in [3.05, 3.63) is 41.5 Å². The van der Waals surface area contributed by atoms with Crippen LogP contribution in [0, 0.1) is 6.92 Å². The van der Waals surface area contributed by atoms with Crippen LogP contribution in [0.4, 0.5) is 0 Å². The molecule has 0 radical (unpaired) electrons. The van der Waals surface area contributed by atoms with Crippen molar-refractivity contribution in [2.24, 2.45) is 0 Å². The number of carbonyl (C=O) groups is 1. The zero-order chi connectivity index (χ0) is 12.3. The first kappa shape index (κ1) is 11.9. The standard InChI is InChI=1S/C14H17NO2/c1-3-12-8-11(2)9-13(10-12)14(16)15-4-6-17-7-5-15/h3,8-10H,1,4-7H2,2H3. The van der Waals surface area contributed by atoms with Crippen molar-refractivity contribution >= 4 is 12.0 Å². The number of carbonyl (C=O) groups excluding carboxylic acids is 1. The Morgan fingerprint density at radius 1 is 1.35 bits per heavy atom. The maximum Gasteiger partial charge on any atom is 0.254 e. The first-order valence-electron chi connectivity index (χ1n) is 5.82. The van der Waals surface area contributed by atoms with E-state index >= 15 is 0 Å². The van der Waals surface area contributed by atoms with E-state index in [9.17, 15) is 4.79 Å². The molecule has 0 spiro atoms. The van der Waals surface area contributed by atoms with Gasteiger partial charge in [-0.25, -0.2) is 0 Å². The minimum absolute atomic E-state index is 0.0834.